The molecule has 1 aromatic carbocycles. The minimum atomic E-state index is 0.826. The number of nitrogens with one attached hydrogen (secondary N) is 1. The lowest BCUT2D eigenvalue weighted by molar-refractivity contribution is 0.588. The molecular formula is C14H17BrN2. The molecule has 0 saturated heterocycles. The fourth-order valence-corrected chi connectivity index (χ4v) is 2.59. The van der Waals surface area contributed by atoms with Crippen LogP contribution in [0.4, 0.5) is 0 Å². The average molecular weight is 293 g/mol. The number of aromatic nitrogens is 1. The normalized spacial score (nSPS) is 15.6. The summed E-state index contributed by atoms with van der Waals surface area (Å²) in [5.41, 5.74) is 1.33. The first kappa shape index (κ1) is 11.3. The molecule has 1 saturated carbocycles. The molecule has 0 bridgehead atoms. The second-order valence-electron chi connectivity index (χ2n) is 4.79. The number of rotatable bonds is 5. The van der Waals surface area contributed by atoms with Crippen LogP contribution in [0.1, 0.15) is 19.3 Å². The van der Waals surface area contributed by atoms with E-state index in [2.05, 4.69) is 56.3 Å². The maximum atomic E-state index is 3.56. The number of halogens is 1. The van der Waals surface area contributed by atoms with Crippen LogP contribution in [0, 0.1) is 0 Å². The van der Waals surface area contributed by atoms with Gasteiger partial charge in [-0.3, -0.25) is 0 Å². The topological polar surface area (TPSA) is 17.0 Å². The average Bonchev–Trinajstić information content (AvgIpc) is 3.06. The van der Waals surface area contributed by atoms with E-state index in [9.17, 15) is 0 Å². The van der Waals surface area contributed by atoms with Crippen molar-refractivity contribution in [2.24, 2.45) is 0 Å². The summed E-state index contributed by atoms with van der Waals surface area (Å²) in [6.45, 7) is 2.24. The Hall–Kier alpha value is -0.800. The molecule has 0 amide bonds. The Labute approximate surface area is 110 Å². The molecule has 17 heavy (non-hydrogen) atoms. The SMILES string of the molecule is Brc1ccc2c(ccn2CCCNC2CC2)c1. The molecule has 0 atom stereocenters. The van der Waals surface area contributed by atoms with Gasteiger partial charge in [0.25, 0.3) is 0 Å². The first-order valence-electron chi connectivity index (χ1n) is 6.31. The van der Waals surface area contributed by atoms with Crippen molar-refractivity contribution in [2.75, 3.05) is 6.54 Å². The van der Waals surface area contributed by atoms with Gasteiger partial charge in [0.05, 0.1) is 0 Å². The van der Waals surface area contributed by atoms with Crippen LogP contribution in [0.2, 0.25) is 0 Å². The monoisotopic (exact) mass is 292 g/mol. The van der Waals surface area contributed by atoms with Gasteiger partial charge in [0, 0.05) is 34.2 Å². The number of aryl methyl sites for hydroxylation is 1. The van der Waals surface area contributed by atoms with Gasteiger partial charge in [-0.2, -0.15) is 0 Å². The molecular weight excluding hydrogens is 276 g/mol. The summed E-state index contributed by atoms with van der Waals surface area (Å²) < 4.78 is 3.49. The van der Waals surface area contributed by atoms with E-state index in [0.717, 1.165) is 23.6 Å². The van der Waals surface area contributed by atoms with E-state index in [1.54, 1.807) is 0 Å². The van der Waals surface area contributed by atoms with Gasteiger partial charge in [0.2, 0.25) is 0 Å². The Morgan fingerprint density at radius 1 is 1.29 bits per heavy atom. The molecule has 2 nitrogen and oxygen atoms in total. The van der Waals surface area contributed by atoms with Crippen LogP contribution in [-0.2, 0) is 6.54 Å². The van der Waals surface area contributed by atoms with Crippen molar-refractivity contribution in [3.63, 3.8) is 0 Å². The summed E-state index contributed by atoms with van der Waals surface area (Å²) in [7, 11) is 0. The highest BCUT2D eigenvalue weighted by Crippen LogP contribution is 2.21. The summed E-state index contributed by atoms with van der Waals surface area (Å²) in [4.78, 5) is 0. The zero-order chi connectivity index (χ0) is 11.7. The van der Waals surface area contributed by atoms with Crippen molar-refractivity contribution in [1.82, 2.24) is 9.88 Å². The Morgan fingerprint density at radius 2 is 2.18 bits per heavy atom. The van der Waals surface area contributed by atoms with Gasteiger partial charge < -0.3 is 9.88 Å². The number of fused-ring (bicyclic) bond motifs is 1. The third-order valence-electron chi connectivity index (χ3n) is 3.32. The van der Waals surface area contributed by atoms with Gasteiger partial charge in [0.1, 0.15) is 0 Å². The van der Waals surface area contributed by atoms with E-state index in [-0.39, 0.29) is 0 Å². The van der Waals surface area contributed by atoms with E-state index in [1.165, 1.54) is 30.2 Å². The molecule has 2 aromatic rings. The predicted octanol–water partition coefficient (Wildman–Crippen LogP) is 3.55. The Kier molecular flexibility index (Phi) is 3.21. The molecule has 0 aliphatic heterocycles. The highest BCUT2D eigenvalue weighted by atomic mass is 79.9. The van der Waals surface area contributed by atoms with Crippen LogP contribution in [0.5, 0.6) is 0 Å². The maximum absolute atomic E-state index is 3.56. The van der Waals surface area contributed by atoms with Crippen LogP contribution < -0.4 is 5.32 Å². The van der Waals surface area contributed by atoms with E-state index in [1.807, 2.05) is 0 Å². The van der Waals surface area contributed by atoms with Gasteiger partial charge >= 0.3 is 0 Å². The van der Waals surface area contributed by atoms with Crippen LogP contribution in [-0.4, -0.2) is 17.2 Å². The first-order valence-corrected chi connectivity index (χ1v) is 7.10. The fourth-order valence-electron chi connectivity index (χ4n) is 2.21. The lowest BCUT2D eigenvalue weighted by Gasteiger charge is -2.06. The first-order chi connectivity index (χ1) is 8.33. The maximum Gasteiger partial charge on any atom is 0.0481 e. The van der Waals surface area contributed by atoms with Crippen molar-refractivity contribution >= 4 is 26.8 Å². The Bertz CT molecular complexity index is 514. The number of nitrogens with zero attached hydrogens (tertiary/aromatic N) is 1. The molecule has 0 radical (unpaired) electrons. The lowest BCUT2D eigenvalue weighted by Crippen LogP contribution is -2.18. The van der Waals surface area contributed by atoms with Crippen molar-refractivity contribution in [2.45, 2.75) is 31.8 Å². The molecule has 1 aromatic heterocycles. The molecule has 3 heteroatoms. The highest BCUT2D eigenvalue weighted by Gasteiger charge is 2.19. The van der Waals surface area contributed by atoms with Crippen LogP contribution in [0.15, 0.2) is 34.9 Å². The zero-order valence-electron chi connectivity index (χ0n) is 9.82. The summed E-state index contributed by atoms with van der Waals surface area (Å²) in [5, 5.41) is 4.87. The second kappa shape index (κ2) is 4.83. The van der Waals surface area contributed by atoms with Crippen LogP contribution in [0.25, 0.3) is 10.9 Å². The quantitative estimate of drug-likeness (QED) is 0.834. The van der Waals surface area contributed by atoms with Gasteiger partial charge in [-0.15, -0.1) is 0 Å². The molecule has 1 heterocycles. The molecule has 1 aliphatic rings. The zero-order valence-corrected chi connectivity index (χ0v) is 11.4. The summed E-state index contributed by atoms with van der Waals surface area (Å²) in [6.07, 6.45) is 6.14. The number of hydrogen-bond acceptors (Lipinski definition) is 1. The van der Waals surface area contributed by atoms with Crippen LogP contribution in [0.3, 0.4) is 0 Å². The Morgan fingerprint density at radius 3 is 3.00 bits per heavy atom. The number of hydrogen-bond donors (Lipinski definition) is 1. The van der Waals surface area contributed by atoms with Crippen molar-refractivity contribution < 1.29 is 0 Å². The van der Waals surface area contributed by atoms with E-state index < -0.39 is 0 Å². The van der Waals surface area contributed by atoms with Gasteiger partial charge in [0.15, 0.2) is 0 Å². The van der Waals surface area contributed by atoms with Crippen molar-refractivity contribution in [3.05, 3.63) is 34.9 Å². The third-order valence-corrected chi connectivity index (χ3v) is 3.81. The minimum Gasteiger partial charge on any atom is -0.347 e. The highest BCUT2D eigenvalue weighted by molar-refractivity contribution is 9.10. The van der Waals surface area contributed by atoms with Crippen LogP contribution >= 0.6 is 15.9 Å². The molecule has 0 spiro atoms. The smallest absolute Gasteiger partial charge is 0.0481 e. The summed E-state index contributed by atoms with van der Waals surface area (Å²) in [5.74, 6) is 0. The standard InChI is InChI=1S/C14H17BrN2/c15-12-2-5-14-11(10-12)6-9-17(14)8-1-7-16-13-3-4-13/h2,5-6,9-10,13,16H,1,3-4,7-8H2. The van der Waals surface area contributed by atoms with Gasteiger partial charge in [-0.25, -0.2) is 0 Å². The molecule has 3 rings (SSSR count). The Balaban J connectivity index is 1.63. The minimum absolute atomic E-state index is 0.826. The van der Waals surface area contributed by atoms with E-state index in [4.69, 9.17) is 0 Å². The third kappa shape index (κ3) is 2.72. The van der Waals surface area contributed by atoms with E-state index >= 15 is 0 Å². The van der Waals surface area contributed by atoms with Crippen molar-refractivity contribution in [1.29, 1.82) is 0 Å². The van der Waals surface area contributed by atoms with E-state index in [0.29, 0.717) is 0 Å². The molecule has 0 unspecified atom stereocenters. The predicted molar refractivity (Wildman–Crippen MR) is 75.3 cm³/mol. The molecule has 1 aliphatic carbocycles. The fraction of sp³-hybridized carbons (Fsp3) is 0.429. The second-order valence-corrected chi connectivity index (χ2v) is 5.71. The summed E-state index contributed by atoms with van der Waals surface area (Å²) >= 11 is 3.51. The molecule has 1 fully saturated rings. The summed E-state index contributed by atoms with van der Waals surface area (Å²) in [6, 6.07) is 9.49. The van der Waals surface area contributed by atoms with Crippen molar-refractivity contribution in [3.8, 4) is 0 Å². The van der Waals surface area contributed by atoms with Gasteiger partial charge in [-0.05, 0) is 50.1 Å². The molecule has 90 valence electrons. The van der Waals surface area contributed by atoms with Gasteiger partial charge in [-0.1, -0.05) is 15.9 Å². The lowest BCUT2D eigenvalue weighted by atomic mass is 10.2. The number of benzene rings is 1. The largest absolute Gasteiger partial charge is 0.347 e. The molecule has 1 N–H and O–H groups in total.